The molecule has 5 heteroatoms. The predicted molar refractivity (Wildman–Crippen MR) is 67.3 cm³/mol. The van der Waals surface area contributed by atoms with Crippen LogP contribution in [0.5, 0.6) is 5.75 Å². The first-order valence-corrected chi connectivity index (χ1v) is 5.71. The maximum absolute atomic E-state index is 12.2. The quantitative estimate of drug-likeness (QED) is 0.719. The lowest BCUT2D eigenvalue weighted by Crippen LogP contribution is -2.01. The second-order valence-corrected chi connectivity index (χ2v) is 4.00. The van der Waals surface area contributed by atoms with Crippen molar-refractivity contribution in [2.45, 2.75) is 6.61 Å². The van der Waals surface area contributed by atoms with Gasteiger partial charge in [0.15, 0.2) is 0 Å². The van der Waals surface area contributed by atoms with Crippen LogP contribution in [0.25, 0.3) is 16.9 Å². The topological polar surface area (TPSA) is 26.5 Å². The molecule has 3 rings (SSSR count). The van der Waals surface area contributed by atoms with Gasteiger partial charge in [0.05, 0.1) is 5.69 Å². The highest BCUT2D eigenvalue weighted by atomic mass is 19.3. The number of imidazole rings is 1. The Labute approximate surface area is 108 Å². The predicted octanol–water partition coefficient (Wildman–Crippen LogP) is 3.60. The first-order chi connectivity index (χ1) is 9.22. The molecular weight excluding hydrogens is 250 g/mol. The van der Waals surface area contributed by atoms with Gasteiger partial charge in [-0.1, -0.05) is 18.2 Å². The summed E-state index contributed by atoms with van der Waals surface area (Å²) < 4.78 is 30.6. The molecule has 0 saturated heterocycles. The second-order valence-electron chi connectivity index (χ2n) is 4.00. The van der Waals surface area contributed by atoms with Crippen molar-refractivity contribution in [3.05, 3.63) is 54.9 Å². The Bertz CT molecular complexity index is 676. The van der Waals surface area contributed by atoms with Crippen LogP contribution in [0, 0.1) is 0 Å². The summed E-state index contributed by atoms with van der Waals surface area (Å²) in [6.07, 6.45) is 3.72. The molecule has 0 spiro atoms. The number of ether oxygens (including phenoxy) is 1. The molecule has 19 heavy (non-hydrogen) atoms. The lowest BCUT2D eigenvalue weighted by atomic mass is 10.1. The Morgan fingerprint density at radius 2 is 2.00 bits per heavy atom. The summed E-state index contributed by atoms with van der Waals surface area (Å²) in [5.74, 6) is 0.129. The van der Waals surface area contributed by atoms with Crippen LogP contribution in [0.3, 0.4) is 0 Å². The van der Waals surface area contributed by atoms with Gasteiger partial charge in [-0.25, -0.2) is 4.98 Å². The summed E-state index contributed by atoms with van der Waals surface area (Å²) >= 11 is 0. The van der Waals surface area contributed by atoms with Gasteiger partial charge in [0.25, 0.3) is 0 Å². The lowest BCUT2D eigenvalue weighted by Gasteiger charge is -2.05. The van der Waals surface area contributed by atoms with Crippen molar-refractivity contribution in [3.8, 4) is 17.0 Å². The van der Waals surface area contributed by atoms with Gasteiger partial charge in [0.2, 0.25) is 0 Å². The van der Waals surface area contributed by atoms with Gasteiger partial charge in [-0.2, -0.15) is 8.78 Å². The van der Waals surface area contributed by atoms with Gasteiger partial charge >= 0.3 is 6.61 Å². The molecule has 2 aromatic heterocycles. The molecule has 0 radical (unpaired) electrons. The molecule has 2 heterocycles. The van der Waals surface area contributed by atoms with E-state index in [9.17, 15) is 8.78 Å². The number of hydrogen-bond acceptors (Lipinski definition) is 2. The van der Waals surface area contributed by atoms with Crippen molar-refractivity contribution < 1.29 is 13.5 Å². The summed E-state index contributed by atoms with van der Waals surface area (Å²) in [6, 6.07) is 12.2. The smallest absolute Gasteiger partial charge is 0.387 e. The number of benzene rings is 1. The van der Waals surface area contributed by atoms with E-state index in [-0.39, 0.29) is 5.75 Å². The largest absolute Gasteiger partial charge is 0.435 e. The first kappa shape index (κ1) is 11.6. The highest BCUT2D eigenvalue weighted by Crippen LogP contribution is 2.24. The highest BCUT2D eigenvalue weighted by Gasteiger charge is 2.08. The zero-order valence-electron chi connectivity index (χ0n) is 9.83. The van der Waals surface area contributed by atoms with Crippen LogP contribution < -0.4 is 4.74 Å². The summed E-state index contributed by atoms with van der Waals surface area (Å²) in [7, 11) is 0. The fourth-order valence-corrected chi connectivity index (χ4v) is 1.91. The highest BCUT2D eigenvalue weighted by molar-refractivity contribution is 5.64. The average molecular weight is 260 g/mol. The first-order valence-electron chi connectivity index (χ1n) is 5.71. The Morgan fingerprint density at radius 3 is 2.79 bits per heavy atom. The van der Waals surface area contributed by atoms with E-state index in [1.54, 1.807) is 18.2 Å². The summed E-state index contributed by atoms with van der Waals surface area (Å²) in [5, 5.41) is 0. The second kappa shape index (κ2) is 4.68. The molecule has 0 unspecified atom stereocenters. The molecular formula is C14H10F2N2O. The maximum Gasteiger partial charge on any atom is 0.387 e. The SMILES string of the molecule is FC(F)Oc1cccc(-c2cn3ccccc3n2)c1. The third-order valence-electron chi connectivity index (χ3n) is 2.72. The van der Waals surface area contributed by atoms with Gasteiger partial charge in [-0.15, -0.1) is 0 Å². The molecule has 0 amide bonds. The molecule has 0 atom stereocenters. The van der Waals surface area contributed by atoms with Gasteiger partial charge in [-0.3, -0.25) is 0 Å². The van der Waals surface area contributed by atoms with Gasteiger partial charge in [0.1, 0.15) is 11.4 Å². The minimum Gasteiger partial charge on any atom is -0.435 e. The molecule has 96 valence electrons. The van der Waals surface area contributed by atoms with Gasteiger partial charge in [0, 0.05) is 18.0 Å². The molecule has 0 fully saturated rings. The number of rotatable bonds is 3. The van der Waals surface area contributed by atoms with Crippen molar-refractivity contribution in [2.75, 3.05) is 0 Å². The van der Waals surface area contributed by atoms with Crippen LogP contribution in [0.15, 0.2) is 54.9 Å². The van der Waals surface area contributed by atoms with Crippen molar-refractivity contribution in [1.82, 2.24) is 9.38 Å². The van der Waals surface area contributed by atoms with E-state index >= 15 is 0 Å². The van der Waals surface area contributed by atoms with E-state index in [2.05, 4.69) is 9.72 Å². The normalized spacial score (nSPS) is 11.1. The molecule has 1 aromatic carbocycles. The van der Waals surface area contributed by atoms with Crippen molar-refractivity contribution in [3.63, 3.8) is 0 Å². The Hall–Kier alpha value is -2.43. The Kier molecular flexibility index (Phi) is 2.87. The minimum atomic E-state index is -2.82. The summed E-state index contributed by atoms with van der Waals surface area (Å²) in [5.41, 5.74) is 2.26. The lowest BCUT2D eigenvalue weighted by molar-refractivity contribution is -0.0498. The fourth-order valence-electron chi connectivity index (χ4n) is 1.91. The zero-order valence-corrected chi connectivity index (χ0v) is 9.83. The van der Waals surface area contributed by atoms with E-state index in [0.717, 1.165) is 11.2 Å². The van der Waals surface area contributed by atoms with Crippen molar-refractivity contribution >= 4 is 5.65 Å². The average Bonchev–Trinajstić information content (AvgIpc) is 2.82. The third kappa shape index (κ3) is 2.40. The Morgan fingerprint density at radius 1 is 1.11 bits per heavy atom. The maximum atomic E-state index is 12.2. The molecule has 3 aromatic rings. The summed E-state index contributed by atoms with van der Waals surface area (Å²) in [6.45, 7) is -2.82. The van der Waals surface area contributed by atoms with Crippen molar-refractivity contribution in [1.29, 1.82) is 0 Å². The third-order valence-corrected chi connectivity index (χ3v) is 2.72. The van der Waals surface area contributed by atoms with Crippen molar-refractivity contribution in [2.24, 2.45) is 0 Å². The molecule has 0 saturated carbocycles. The molecule has 0 bridgehead atoms. The van der Waals surface area contributed by atoms with E-state index in [1.165, 1.54) is 6.07 Å². The van der Waals surface area contributed by atoms with E-state index in [0.29, 0.717) is 5.69 Å². The zero-order chi connectivity index (χ0) is 13.2. The van der Waals surface area contributed by atoms with E-state index < -0.39 is 6.61 Å². The Balaban J connectivity index is 2.01. The number of alkyl halides is 2. The van der Waals surface area contributed by atoms with Crippen LogP contribution in [0.4, 0.5) is 8.78 Å². The monoisotopic (exact) mass is 260 g/mol. The number of nitrogens with zero attached hydrogens (tertiary/aromatic N) is 2. The van der Waals surface area contributed by atoms with Crippen LogP contribution in [0.1, 0.15) is 0 Å². The van der Waals surface area contributed by atoms with Crippen LogP contribution >= 0.6 is 0 Å². The number of halogens is 2. The summed E-state index contributed by atoms with van der Waals surface area (Å²) in [4.78, 5) is 4.42. The number of hydrogen-bond donors (Lipinski definition) is 0. The molecule has 3 nitrogen and oxygen atoms in total. The van der Waals surface area contributed by atoms with Crippen LogP contribution in [-0.2, 0) is 0 Å². The number of aromatic nitrogens is 2. The van der Waals surface area contributed by atoms with Crippen LogP contribution in [-0.4, -0.2) is 16.0 Å². The van der Waals surface area contributed by atoms with E-state index in [4.69, 9.17) is 0 Å². The minimum absolute atomic E-state index is 0.129. The molecule has 0 N–H and O–H groups in total. The molecule has 0 aliphatic rings. The standard InChI is InChI=1S/C14H10F2N2O/c15-14(16)19-11-5-3-4-10(8-11)12-9-18-7-2-1-6-13(18)17-12/h1-9,14H. The number of fused-ring (bicyclic) bond motifs is 1. The molecule has 0 aliphatic heterocycles. The van der Waals surface area contributed by atoms with Gasteiger partial charge in [-0.05, 0) is 24.3 Å². The molecule has 0 aliphatic carbocycles. The number of pyridine rings is 1. The van der Waals surface area contributed by atoms with E-state index in [1.807, 2.05) is 35.0 Å². The van der Waals surface area contributed by atoms with Gasteiger partial charge < -0.3 is 9.14 Å². The fraction of sp³-hybridized carbons (Fsp3) is 0.0714. The van der Waals surface area contributed by atoms with Crippen LogP contribution in [0.2, 0.25) is 0 Å².